The molecule has 0 saturated carbocycles. The summed E-state index contributed by atoms with van der Waals surface area (Å²) in [5.41, 5.74) is 5.87. The van der Waals surface area contributed by atoms with Crippen molar-refractivity contribution < 1.29 is 41.9 Å². The van der Waals surface area contributed by atoms with E-state index in [2.05, 4.69) is 144 Å². The summed E-state index contributed by atoms with van der Waals surface area (Å²) in [6, 6.07) is 52.0. The van der Waals surface area contributed by atoms with E-state index >= 15 is 0 Å². The van der Waals surface area contributed by atoms with Crippen molar-refractivity contribution in [3.63, 3.8) is 0 Å². The number of amides is 3. The van der Waals surface area contributed by atoms with Crippen LogP contribution in [0.2, 0.25) is 0 Å². The second-order valence-corrected chi connectivity index (χ2v) is 27.5. The maximum Gasteiger partial charge on any atom is 0.339 e. The Labute approximate surface area is 574 Å². The summed E-state index contributed by atoms with van der Waals surface area (Å²) in [4.78, 5) is 86.5. The highest BCUT2D eigenvalue weighted by Gasteiger charge is 2.27. The predicted molar refractivity (Wildman–Crippen MR) is 380 cm³/mol. The van der Waals surface area contributed by atoms with Crippen LogP contribution in [0.3, 0.4) is 0 Å². The molecule has 23 heteroatoms. The lowest BCUT2D eigenvalue weighted by Crippen LogP contribution is -2.39. The molecule has 3 saturated heterocycles. The van der Waals surface area contributed by atoms with Crippen LogP contribution in [0.5, 0.6) is 0 Å². The number of carbonyl (C=O) groups is 5. The van der Waals surface area contributed by atoms with Crippen molar-refractivity contribution in [2.75, 3.05) is 80.1 Å². The van der Waals surface area contributed by atoms with Crippen molar-refractivity contribution in [2.24, 2.45) is 0 Å². The maximum atomic E-state index is 12.9. The fourth-order valence-electron chi connectivity index (χ4n) is 11.5. The van der Waals surface area contributed by atoms with Crippen LogP contribution < -0.4 is 31.9 Å². The zero-order valence-corrected chi connectivity index (χ0v) is 57.2. The van der Waals surface area contributed by atoms with Crippen LogP contribution in [0.4, 0.5) is 23.3 Å². The standard InChI is InChI=1S/C26H30N4O3S.C25H27N5O3.C24H32N4O3/c1-20-9-11-23(12-10-20)34(32,33)19-28-26(31)24-8-5-15-27-25(24)29-22-13-16-30(17-14-22)18-21-6-3-2-4-7-21;1-33-25(32)19-9-10-22(27-16-19)29-24(31)21-8-5-13-26-23(21)28-20-11-14-30(15-12-20)17-18-6-3-2-4-7-18;1-24(2,3)31-21(29)16-26-23(30)20-10-7-13-25-22(20)27-19-11-14-28(15-12-19)17-18-8-5-4-6-9-18/h2-12,15,22H,13-14,16-19H2,1H3,(H,27,29)(H,28,31);2-10,13,16,20H,11-12,14-15,17H2,1H3,(H,26,28)(H,27,29,31);4-10,13,19H,11-12,14-17H2,1-3H3,(H,25,27)(H,26,30). The maximum absolute atomic E-state index is 12.9. The van der Waals surface area contributed by atoms with E-state index in [-0.39, 0.29) is 41.4 Å². The molecule has 4 aromatic carbocycles. The first-order valence-electron chi connectivity index (χ1n) is 33.2. The number of sulfone groups is 1. The van der Waals surface area contributed by atoms with E-state index in [4.69, 9.17) is 4.74 Å². The minimum absolute atomic E-state index is 0.178. The quantitative estimate of drug-likeness (QED) is 0.0344. The fourth-order valence-corrected chi connectivity index (χ4v) is 12.6. The summed E-state index contributed by atoms with van der Waals surface area (Å²) < 4.78 is 35.1. The number of aromatic nitrogens is 4. The van der Waals surface area contributed by atoms with Gasteiger partial charge >= 0.3 is 11.9 Å². The van der Waals surface area contributed by atoms with Crippen molar-refractivity contribution in [3.05, 3.63) is 233 Å². The Kier molecular flexibility index (Phi) is 26.5. The Morgan fingerprint density at radius 1 is 0.490 bits per heavy atom. The van der Waals surface area contributed by atoms with Crippen molar-refractivity contribution in [1.29, 1.82) is 0 Å². The third-order valence-corrected chi connectivity index (χ3v) is 18.2. The van der Waals surface area contributed by atoms with Crippen LogP contribution >= 0.6 is 0 Å². The van der Waals surface area contributed by atoms with Crippen molar-refractivity contribution in [2.45, 2.75) is 114 Å². The van der Waals surface area contributed by atoms with E-state index in [0.29, 0.717) is 45.5 Å². The highest BCUT2D eigenvalue weighted by Crippen LogP contribution is 2.25. The van der Waals surface area contributed by atoms with Gasteiger partial charge in [0, 0.05) is 102 Å². The predicted octanol–water partition coefficient (Wildman–Crippen LogP) is 10.4. The molecule has 22 nitrogen and oxygen atoms in total. The lowest BCUT2D eigenvalue weighted by Gasteiger charge is -2.32. The number of likely N-dealkylation sites (tertiary alicyclic amines) is 3. The van der Waals surface area contributed by atoms with Gasteiger partial charge in [0.25, 0.3) is 17.7 Å². The largest absolute Gasteiger partial charge is 0.465 e. The summed E-state index contributed by atoms with van der Waals surface area (Å²) in [5, 5.41) is 18.2. The van der Waals surface area contributed by atoms with E-state index in [1.807, 2.05) is 25.1 Å². The number of nitrogens with zero attached hydrogens (tertiary/aromatic N) is 7. The zero-order chi connectivity index (χ0) is 69.3. The fraction of sp³-hybridized carbons (Fsp3) is 0.347. The summed E-state index contributed by atoms with van der Waals surface area (Å²) in [7, 11) is -2.32. The molecule has 0 spiro atoms. The molecule has 4 aromatic heterocycles. The molecule has 0 atom stereocenters. The van der Waals surface area contributed by atoms with Gasteiger partial charge in [-0.15, -0.1) is 0 Å². The number of nitrogens with one attached hydrogen (secondary N) is 6. The highest BCUT2D eigenvalue weighted by atomic mass is 32.2. The first kappa shape index (κ1) is 72.3. The van der Waals surface area contributed by atoms with Gasteiger partial charge in [-0.1, -0.05) is 109 Å². The number of esters is 2. The summed E-state index contributed by atoms with van der Waals surface area (Å²) in [5.74, 6) is -0.610. The molecule has 7 heterocycles. The molecule has 514 valence electrons. The Balaban J connectivity index is 0.000000172. The normalized spacial score (nSPS) is 14.9. The summed E-state index contributed by atoms with van der Waals surface area (Å²) in [6.45, 7) is 15.8. The summed E-state index contributed by atoms with van der Waals surface area (Å²) in [6.07, 6.45) is 12.1. The van der Waals surface area contributed by atoms with Crippen LogP contribution in [-0.2, 0) is 43.7 Å². The molecule has 11 rings (SSSR count). The van der Waals surface area contributed by atoms with Gasteiger partial charge in [0.05, 0.1) is 34.3 Å². The molecule has 0 unspecified atom stereocenters. The lowest BCUT2D eigenvalue weighted by molar-refractivity contribution is -0.153. The van der Waals surface area contributed by atoms with Crippen LogP contribution in [0.15, 0.2) is 193 Å². The SMILES string of the molecule is CC(C)(C)OC(=O)CNC(=O)c1cccnc1NC1CCN(Cc2ccccc2)CC1.COC(=O)c1ccc(NC(=O)c2cccnc2NC2CCN(Cc3ccccc3)CC2)nc1.Cc1ccc(S(=O)(=O)CNC(=O)c2cccnc2NC2CCN(Cc3ccccc3)CC2)cc1. The first-order chi connectivity index (χ1) is 47.3. The van der Waals surface area contributed by atoms with Crippen molar-refractivity contribution in [1.82, 2.24) is 45.3 Å². The minimum atomic E-state index is -3.63. The van der Waals surface area contributed by atoms with E-state index < -0.39 is 39.2 Å². The van der Waals surface area contributed by atoms with Gasteiger partial charge in [-0.05, 0) is 144 Å². The first-order valence-corrected chi connectivity index (χ1v) is 34.8. The van der Waals surface area contributed by atoms with Crippen molar-refractivity contribution >= 4 is 62.8 Å². The Bertz CT molecular complexity index is 3980. The van der Waals surface area contributed by atoms with Gasteiger partial charge in [0.2, 0.25) is 0 Å². The molecule has 3 fully saturated rings. The average Bonchev–Trinajstić information content (AvgIpc) is 0.865. The number of ether oxygens (including phenoxy) is 2. The number of anilines is 4. The number of hydrogen-bond acceptors (Lipinski definition) is 19. The summed E-state index contributed by atoms with van der Waals surface area (Å²) >= 11 is 0. The second-order valence-electron chi connectivity index (χ2n) is 25.5. The highest BCUT2D eigenvalue weighted by molar-refractivity contribution is 7.91. The molecular formula is C75H89N13O9S. The molecule has 0 bridgehead atoms. The number of carbonyl (C=O) groups excluding carboxylic acids is 5. The van der Waals surface area contributed by atoms with Crippen LogP contribution in [0.1, 0.15) is 123 Å². The number of piperidine rings is 3. The van der Waals surface area contributed by atoms with E-state index in [1.54, 1.807) is 112 Å². The van der Waals surface area contributed by atoms with Crippen LogP contribution in [-0.4, -0.2) is 155 Å². The van der Waals surface area contributed by atoms with Gasteiger partial charge in [-0.25, -0.2) is 33.1 Å². The van der Waals surface area contributed by atoms with Crippen LogP contribution in [0, 0.1) is 6.92 Å². The molecule has 3 aliphatic rings. The van der Waals surface area contributed by atoms with E-state index in [0.717, 1.165) is 103 Å². The Morgan fingerprint density at radius 2 is 0.888 bits per heavy atom. The van der Waals surface area contributed by atoms with E-state index in [1.165, 1.54) is 30.0 Å². The molecule has 6 N–H and O–H groups in total. The van der Waals surface area contributed by atoms with Gasteiger partial charge in [-0.3, -0.25) is 33.9 Å². The average molecular weight is 1350 g/mol. The van der Waals surface area contributed by atoms with Gasteiger partial charge < -0.3 is 41.4 Å². The third kappa shape index (κ3) is 22.9. The second kappa shape index (κ2) is 35.9. The van der Waals surface area contributed by atoms with Crippen LogP contribution in [0.25, 0.3) is 0 Å². The number of rotatable bonds is 22. The van der Waals surface area contributed by atoms with Crippen molar-refractivity contribution in [3.8, 4) is 0 Å². The molecule has 0 radical (unpaired) electrons. The Hall–Kier alpha value is -9.94. The zero-order valence-electron chi connectivity index (χ0n) is 56.4. The number of methoxy groups -OCH3 is 1. The smallest absolute Gasteiger partial charge is 0.339 e. The molecule has 98 heavy (non-hydrogen) atoms. The molecule has 8 aromatic rings. The monoisotopic (exact) mass is 1350 g/mol. The molecule has 3 aliphatic heterocycles. The number of aryl methyl sites for hydroxylation is 1. The third-order valence-electron chi connectivity index (χ3n) is 16.7. The number of benzene rings is 4. The molecular weight excluding hydrogens is 1260 g/mol. The van der Waals surface area contributed by atoms with Gasteiger partial charge in [0.15, 0.2) is 9.84 Å². The lowest BCUT2D eigenvalue weighted by atomic mass is 10.0. The topological polar surface area (TPSA) is 271 Å². The number of hydrogen-bond donors (Lipinski definition) is 6. The van der Waals surface area contributed by atoms with Gasteiger partial charge in [-0.2, -0.15) is 0 Å². The Morgan fingerprint density at radius 3 is 1.27 bits per heavy atom. The van der Waals surface area contributed by atoms with Gasteiger partial charge in [0.1, 0.15) is 41.3 Å². The molecule has 0 aliphatic carbocycles. The molecule has 3 amide bonds. The minimum Gasteiger partial charge on any atom is -0.465 e. The number of pyridine rings is 4. The van der Waals surface area contributed by atoms with E-state index in [9.17, 15) is 32.4 Å².